The molecule has 1 aliphatic rings. The third kappa shape index (κ3) is 4.22. The molecule has 1 saturated heterocycles. The number of nitrogens with zero attached hydrogens (tertiary/aromatic N) is 5. The van der Waals surface area contributed by atoms with E-state index < -0.39 is 0 Å². The number of aliphatic hydroxyl groups is 1. The maximum atomic E-state index is 9.66. The van der Waals surface area contributed by atoms with E-state index >= 15 is 0 Å². The van der Waals surface area contributed by atoms with Crippen LogP contribution in [0.4, 0.5) is 0 Å². The first-order chi connectivity index (χ1) is 11.5. The second-order valence-electron chi connectivity index (χ2n) is 6.69. The molecular weight excluding hydrogens is 322 g/mol. The zero-order valence-electron chi connectivity index (χ0n) is 14.7. The highest BCUT2D eigenvalue weighted by molar-refractivity contribution is 7.13. The van der Waals surface area contributed by atoms with Crippen molar-refractivity contribution in [2.45, 2.75) is 39.0 Å². The van der Waals surface area contributed by atoms with Crippen LogP contribution in [0.15, 0.2) is 17.8 Å². The second-order valence-corrected chi connectivity index (χ2v) is 7.55. The maximum Gasteiger partial charge on any atom is 0.126 e. The molecule has 7 heteroatoms. The van der Waals surface area contributed by atoms with E-state index in [9.17, 15) is 5.11 Å². The Morgan fingerprint density at radius 1 is 1.42 bits per heavy atom. The highest BCUT2D eigenvalue weighted by Gasteiger charge is 2.26. The summed E-state index contributed by atoms with van der Waals surface area (Å²) in [5.41, 5.74) is 2.22. The smallest absolute Gasteiger partial charge is 0.126 e. The summed E-state index contributed by atoms with van der Waals surface area (Å²) in [6, 6.07) is 0.518. The lowest BCUT2D eigenvalue weighted by Gasteiger charge is -2.41. The van der Waals surface area contributed by atoms with Gasteiger partial charge in [0, 0.05) is 63.0 Å². The first-order valence-corrected chi connectivity index (χ1v) is 9.51. The van der Waals surface area contributed by atoms with Gasteiger partial charge in [-0.1, -0.05) is 6.92 Å². The Morgan fingerprint density at radius 2 is 2.25 bits per heavy atom. The molecule has 2 aromatic heterocycles. The van der Waals surface area contributed by atoms with Crippen molar-refractivity contribution in [1.82, 2.24) is 24.6 Å². The zero-order chi connectivity index (χ0) is 17.1. The summed E-state index contributed by atoms with van der Waals surface area (Å²) >= 11 is 1.69. The lowest BCUT2D eigenvalue weighted by atomic mass is 10.1. The molecule has 0 spiro atoms. The summed E-state index contributed by atoms with van der Waals surface area (Å²) in [6.45, 7) is 8.86. The fraction of sp³-hybridized carbons (Fsp3) is 0.647. The number of β-amino-alcohol motifs (C(OH)–C–C–N with tert-alkyl or cyclic N) is 1. The van der Waals surface area contributed by atoms with Gasteiger partial charge in [0.25, 0.3) is 0 Å². The van der Waals surface area contributed by atoms with E-state index in [4.69, 9.17) is 4.98 Å². The van der Waals surface area contributed by atoms with Crippen LogP contribution in [0.5, 0.6) is 0 Å². The van der Waals surface area contributed by atoms with Crippen molar-refractivity contribution < 1.29 is 5.11 Å². The molecule has 3 rings (SSSR count). The van der Waals surface area contributed by atoms with Crippen LogP contribution in [-0.2, 0) is 13.6 Å². The topological polar surface area (TPSA) is 57.4 Å². The highest BCUT2D eigenvalue weighted by atomic mass is 32.1. The van der Waals surface area contributed by atoms with E-state index in [2.05, 4.69) is 27.2 Å². The number of rotatable bonds is 6. The number of piperazine rings is 1. The number of thiazole rings is 1. The molecule has 0 saturated carbocycles. The van der Waals surface area contributed by atoms with Crippen LogP contribution in [-0.4, -0.2) is 68.0 Å². The fourth-order valence-electron chi connectivity index (χ4n) is 3.34. The van der Waals surface area contributed by atoms with Gasteiger partial charge in [-0.2, -0.15) is 5.10 Å². The molecule has 2 aromatic rings. The lowest BCUT2D eigenvalue weighted by molar-refractivity contribution is 0.0334. The van der Waals surface area contributed by atoms with Crippen molar-refractivity contribution in [1.29, 1.82) is 0 Å². The van der Waals surface area contributed by atoms with Gasteiger partial charge in [-0.25, -0.2) is 4.98 Å². The molecule has 2 atom stereocenters. The molecule has 1 fully saturated rings. The van der Waals surface area contributed by atoms with Gasteiger partial charge < -0.3 is 5.11 Å². The van der Waals surface area contributed by atoms with Crippen molar-refractivity contribution in [3.8, 4) is 10.6 Å². The van der Waals surface area contributed by atoms with E-state index in [-0.39, 0.29) is 6.10 Å². The average Bonchev–Trinajstić information content (AvgIpc) is 3.17. The van der Waals surface area contributed by atoms with Crippen LogP contribution < -0.4 is 0 Å². The molecular formula is C17H27N5OS. The fourth-order valence-corrected chi connectivity index (χ4v) is 4.13. The first-order valence-electron chi connectivity index (χ1n) is 8.63. The Morgan fingerprint density at radius 3 is 2.92 bits per heavy atom. The minimum atomic E-state index is -0.258. The third-order valence-corrected chi connectivity index (χ3v) is 5.49. The molecule has 0 unspecified atom stereocenters. The Kier molecular flexibility index (Phi) is 5.65. The van der Waals surface area contributed by atoms with Crippen LogP contribution in [0.3, 0.4) is 0 Å². The molecule has 132 valence electrons. The van der Waals surface area contributed by atoms with Crippen LogP contribution in [0, 0.1) is 0 Å². The van der Waals surface area contributed by atoms with Crippen molar-refractivity contribution in [3.63, 3.8) is 0 Å². The highest BCUT2D eigenvalue weighted by Crippen LogP contribution is 2.24. The molecule has 0 aliphatic carbocycles. The second kappa shape index (κ2) is 7.74. The maximum absolute atomic E-state index is 9.66. The number of aryl methyl sites for hydroxylation is 1. The molecule has 0 radical (unpaired) electrons. The third-order valence-electron chi connectivity index (χ3n) is 4.55. The van der Waals surface area contributed by atoms with E-state index in [0.717, 1.165) is 55.4 Å². The Hall–Kier alpha value is -1.28. The molecule has 0 bridgehead atoms. The Balaban J connectivity index is 1.60. The van der Waals surface area contributed by atoms with Gasteiger partial charge in [0.15, 0.2) is 0 Å². The number of aromatic nitrogens is 3. The van der Waals surface area contributed by atoms with Crippen LogP contribution in [0.1, 0.15) is 26.0 Å². The summed E-state index contributed by atoms with van der Waals surface area (Å²) in [5, 5.41) is 17.1. The largest absolute Gasteiger partial charge is 0.392 e. The Bertz CT molecular complexity index is 653. The molecule has 0 amide bonds. The molecule has 0 aromatic carbocycles. The molecule has 3 heterocycles. The normalized spacial score (nSPS) is 21.2. The standard InChI is InChI=1S/C17H27N5OS/c1-4-16-11-21(5-6-22(16)8-13(2)23)10-15-12-24-17(19-15)14-7-18-20(3)9-14/h7,9,12-13,16,23H,4-6,8,10-11H2,1-3H3/t13-,16-/m1/s1. The minimum absolute atomic E-state index is 0.258. The van der Waals surface area contributed by atoms with E-state index in [1.54, 1.807) is 11.3 Å². The molecule has 6 nitrogen and oxygen atoms in total. The van der Waals surface area contributed by atoms with Gasteiger partial charge in [0.1, 0.15) is 5.01 Å². The molecule has 1 aliphatic heterocycles. The van der Waals surface area contributed by atoms with Crippen molar-refractivity contribution in [3.05, 3.63) is 23.5 Å². The van der Waals surface area contributed by atoms with Crippen LogP contribution in [0.2, 0.25) is 0 Å². The summed E-state index contributed by atoms with van der Waals surface area (Å²) in [7, 11) is 1.93. The average molecular weight is 350 g/mol. The predicted molar refractivity (Wildman–Crippen MR) is 96.9 cm³/mol. The molecule has 24 heavy (non-hydrogen) atoms. The zero-order valence-corrected chi connectivity index (χ0v) is 15.5. The van der Waals surface area contributed by atoms with Crippen LogP contribution in [0.25, 0.3) is 10.6 Å². The number of aliphatic hydroxyl groups excluding tert-OH is 1. The van der Waals surface area contributed by atoms with Crippen molar-refractivity contribution in [2.24, 2.45) is 7.05 Å². The summed E-state index contributed by atoms with van der Waals surface area (Å²) in [5.74, 6) is 0. The van der Waals surface area contributed by atoms with Gasteiger partial charge in [0.2, 0.25) is 0 Å². The first kappa shape index (κ1) is 17.5. The van der Waals surface area contributed by atoms with E-state index in [1.807, 2.05) is 31.0 Å². The van der Waals surface area contributed by atoms with Gasteiger partial charge in [-0.05, 0) is 13.3 Å². The Labute approximate surface area is 147 Å². The van der Waals surface area contributed by atoms with Crippen molar-refractivity contribution >= 4 is 11.3 Å². The lowest BCUT2D eigenvalue weighted by Crippen LogP contribution is -2.54. The van der Waals surface area contributed by atoms with Gasteiger partial charge >= 0.3 is 0 Å². The summed E-state index contributed by atoms with van der Waals surface area (Å²) in [4.78, 5) is 9.68. The number of hydrogen-bond acceptors (Lipinski definition) is 6. The van der Waals surface area contributed by atoms with E-state index in [1.165, 1.54) is 0 Å². The summed E-state index contributed by atoms with van der Waals surface area (Å²) < 4.78 is 1.81. The molecule has 1 N–H and O–H groups in total. The minimum Gasteiger partial charge on any atom is -0.392 e. The van der Waals surface area contributed by atoms with Crippen molar-refractivity contribution in [2.75, 3.05) is 26.2 Å². The van der Waals surface area contributed by atoms with Gasteiger partial charge in [0.05, 0.1) is 18.0 Å². The number of hydrogen-bond donors (Lipinski definition) is 1. The van der Waals surface area contributed by atoms with Crippen LogP contribution >= 0.6 is 11.3 Å². The van der Waals surface area contributed by atoms with E-state index in [0.29, 0.717) is 6.04 Å². The van der Waals surface area contributed by atoms with Gasteiger partial charge in [-0.15, -0.1) is 11.3 Å². The monoisotopic (exact) mass is 349 g/mol. The quantitative estimate of drug-likeness (QED) is 0.862. The predicted octanol–water partition coefficient (Wildman–Crippen LogP) is 1.82. The summed E-state index contributed by atoms with van der Waals surface area (Å²) in [6.07, 6.45) is 4.72. The SMILES string of the molecule is CC[C@@H]1CN(Cc2csc(-c3cnn(C)c3)n2)CCN1C[C@@H](C)O. The van der Waals surface area contributed by atoms with Gasteiger partial charge in [-0.3, -0.25) is 14.5 Å².